The van der Waals surface area contributed by atoms with Crippen LogP contribution in [0.25, 0.3) is 28.0 Å². The third-order valence-electron chi connectivity index (χ3n) is 8.38. The Kier molecular flexibility index (Phi) is 9.01. The van der Waals surface area contributed by atoms with Gasteiger partial charge in [-0.05, 0) is 55.5 Å². The van der Waals surface area contributed by atoms with Gasteiger partial charge in [0.15, 0.2) is 5.65 Å². The standard InChI is InChI=1S/C34H36ClF3N6O2/c1-8-27(45)42-16-21(7)43(17-20(42)6)31-24-15-26(35)29(23-11-9-10-12-25(23)34(36,37)38)40-32(24)44(33(46)41-31)30-22(18(2)3)13-14-39-28(30)19(4)5/h8-15,18-21H,1,16-17H2,2-7H3. The molecule has 5 rings (SSSR count). The molecule has 0 bridgehead atoms. The molecule has 8 nitrogen and oxygen atoms in total. The maximum Gasteiger partial charge on any atom is 0.417 e. The van der Waals surface area contributed by atoms with Gasteiger partial charge in [-0.25, -0.2) is 14.3 Å². The molecule has 0 radical (unpaired) electrons. The number of aromatic nitrogens is 4. The van der Waals surface area contributed by atoms with Crippen LogP contribution >= 0.6 is 11.6 Å². The Labute approximate surface area is 270 Å². The van der Waals surface area contributed by atoms with Gasteiger partial charge in [-0.3, -0.25) is 9.78 Å². The lowest BCUT2D eigenvalue weighted by Gasteiger charge is -2.44. The number of piperazine rings is 1. The van der Waals surface area contributed by atoms with E-state index in [9.17, 15) is 22.8 Å². The van der Waals surface area contributed by atoms with Crippen molar-refractivity contribution in [2.45, 2.75) is 71.6 Å². The lowest BCUT2D eigenvalue weighted by molar-refractivity contribution is -0.137. The number of nitrogens with zero attached hydrogens (tertiary/aromatic N) is 6. The fraction of sp³-hybridized carbons (Fsp3) is 0.382. The molecule has 1 fully saturated rings. The molecule has 1 saturated heterocycles. The fourth-order valence-electron chi connectivity index (χ4n) is 6.12. The Morgan fingerprint density at radius 2 is 1.74 bits per heavy atom. The number of alkyl halides is 3. The molecule has 0 spiro atoms. The van der Waals surface area contributed by atoms with Crippen LogP contribution in [0.15, 0.2) is 60.0 Å². The van der Waals surface area contributed by atoms with Gasteiger partial charge in [0.25, 0.3) is 0 Å². The number of pyridine rings is 2. The van der Waals surface area contributed by atoms with Crippen LogP contribution in [-0.4, -0.2) is 55.5 Å². The lowest BCUT2D eigenvalue weighted by Crippen LogP contribution is -2.58. The van der Waals surface area contributed by atoms with Crippen LogP contribution in [0, 0.1) is 0 Å². The SMILES string of the molecule is C=CC(=O)N1CC(C)N(c2nc(=O)n(-c3c(C(C)C)ccnc3C(C)C)c3nc(-c4ccccc4C(F)(F)F)c(Cl)cc23)CC1C. The molecule has 2 unspecified atom stereocenters. The number of anilines is 1. The predicted molar refractivity (Wildman–Crippen MR) is 175 cm³/mol. The number of hydrogen-bond acceptors (Lipinski definition) is 6. The van der Waals surface area contributed by atoms with Crippen molar-refractivity contribution in [3.8, 4) is 16.9 Å². The summed E-state index contributed by atoms with van der Waals surface area (Å²) in [6, 6.07) is 7.92. The average molecular weight is 653 g/mol. The van der Waals surface area contributed by atoms with Crippen LogP contribution in [0.2, 0.25) is 5.02 Å². The summed E-state index contributed by atoms with van der Waals surface area (Å²) in [6.45, 7) is 16.0. The molecule has 4 aromatic rings. The maximum absolute atomic E-state index is 14.3. The molecule has 242 valence electrons. The molecule has 4 heterocycles. The average Bonchev–Trinajstić information content (AvgIpc) is 3.00. The molecular formula is C34H36ClF3N6O2. The summed E-state index contributed by atoms with van der Waals surface area (Å²) < 4.78 is 43.9. The van der Waals surface area contributed by atoms with Crippen LogP contribution in [0.4, 0.5) is 19.0 Å². The third-order valence-corrected chi connectivity index (χ3v) is 8.67. The van der Waals surface area contributed by atoms with Gasteiger partial charge in [-0.2, -0.15) is 18.2 Å². The van der Waals surface area contributed by atoms with Gasteiger partial charge < -0.3 is 9.80 Å². The number of halogens is 4. The van der Waals surface area contributed by atoms with Crippen LogP contribution in [0.1, 0.15) is 70.2 Å². The zero-order valence-electron chi connectivity index (χ0n) is 26.6. The molecule has 46 heavy (non-hydrogen) atoms. The minimum atomic E-state index is -4.67. The molecule has 1 aromatic carbocycles. The van der Waals surface area contributed by atoms with E-state index in [-0.39, 0.29) is 57.6 Å². The Bertz CT molecular complexity index is 1860. The van der Waals surface area contributed by atoms with Crippen molar-refractivity contribution in [2.75, 3.05) is 18.0 Å². The third kappa shape index (κ3) is 5.88. The van der Waals surface area contributed by atoms with E-state index < -0.39 is 17.4 Å². The largest absolute Gasteiger partial charge is 0.417 e. The number of carbonyl (C=O) groups excluding carboxylic acids is 1. The summed E-state index contributed by atoms with van der Waals surface area (Å²) in [5.74, 6) is -0.0630. The molecule has 3 aromatic heterocycles. The highest BCUT2D eigenvalue weighted by atomic mass is 35.5. The van der Waals surface area contributed by atoms with E-state index in [1.807, 2.05) is 52.5 Å². The first-order chi connectivity index (χ1) is 21.6. The fourth-order valence-corrected chi connectivity index (χ4v) is 6.37. The minimum Gasteiger partial charge on any atom is -0.349 e. The molecule has 2 atom stereocenters. The van der Waals surface area contributed by atoms with E-state index in [0.717, 1.165) is 11.6 Å². The zero-order valence-corrected chi connectivity index (χ0v) is 27.3. The number of hydrogen-bond donors (Lipinski definition) is 0. The molecule has 1 amide bonds. The van der Waals surface area contributed by atoms with Gasteiger partial charge in [0, 0.05) is 36.9 Å². The molecule has 0 saturated carbocycles. The molecule has 0 N–H and O–H groups in total. The summed E-state index contributed by atoms with van der Waals surface area (Å²) in [4.78, 5) is 44.4. The first kappa shape index (κ1) is 33.1. The first-order valence-electron chi connectivity index (χ1n) is 15.1. The number of carbonyl (C=O) groups is 1. The van der Waals surface area contributed by atoms with Crippen molar-refractivity contribution in [1.29, 1.82) is 0 Å². The summed E-state index contributed by atoms with van der Waals surface area (Å²) in [5, 5.41) is 0.353. The Morgan fingerprint density at radius 3 is 2.37 bits per heavy atom. The topological polar surface area (TPSA) is 84.2 Å². The van der Waals surface area contributed by atoms with Crippen LogP contribution in [-0.2, 0) is 11.0 Å². The van der Waals surface area contributed by atoms with Crippen LogP contribution < -0.4 is 10.6 Å². The highest BCUT2D eigenvalue weighted by Gasteiger charge is 2.36. The number of fused-ring (bicyclic) bond motifs is 1. The Hall–Kier alpha value is -4.25. The Morgan fingerprint density at radius 1 is 1.04 bits per heavy atom. The smallest absolute Gasteiger partial charge is 0.349 e. The van der Waals surface area contributed by atoms with Gasteiger partial charge in [0.05, 0.1) is 33.0 Å². The highest BCUT2D eigenvalue weighted by molar-refractivity contribution is 6.34. The predicted octanol–water partition coefficient (Wildman–Crippen LogP) is 7.37. The van der Waals surface area contributed by atoms with E-state index in [4.69, 9.17) is 16.6 Å². The second kappa shape index (κ2) is 12.5. The Balaban J connectivity index is 1.88. The number of benzene rings is 1. The molecule has 12 heteroatoms. The van der Waals surface area contributed by atoms with Crippen LogP contribution in [0.5, 0.6) is 0 Å². The van der Waals surface area contributed by atoms with Crippen molar-refractivity contribution >= 4 is 34.4 Å². The van der Waals surface area contributed by atoms with E-state index in [2.05, 4.69) is 16.5 Å². The normalized spacial score (nSPS) is 17.3. The summed E-state index contributed by atoms with van der Waals surface area (Å²) in [6.07, 6.45) is -1.72. The first-order valence-corrected chi connectivity index (χ1v) is 15.5. The van der Waals surface area contributed by atoms with E-state index >= 15 is 0 Å². The molecule has 0 aliphatic carbocycles. The van der Waals surface area contributed by atoms with E-state index in [1.165, 1.54) is 34.9 Å². The van der Waals surface area contributed by atoms with Crippen molar-refractivity contribution in [3.63, 3.8) is 0 Å². The lowest BCUT2D eigenvalue weighted by atomic mass is 9.97. The molecule has 1 aliphatic rings. The molecule has 1 aliphatic heterocycles. The monoisotopic (exact) mass is 652 g/mol. The zero-order chi connectivity index (χ0) is 33.7. The summed E-state index contributed by atoms with van der Waals surface area (Å²) >= 11 is 6.78. The van der Waals surface area contributed by atoms with Gasteiger partial charge >= 0.3 is 11.9 Å². The van der Waals surface area contributed by atoms with Gasteiger partial charge in [-0.15, -0.1) is 0 Å². The minimum absolute atomic E-state index is 0.0297. The summed E-state index contributed by atoms with van der Waals surface area (Å²) in [5.41, 5.74) is 0.148. The van der Waals surface area contributed by atoms with Crippen molar-refractivity contribution in [2.24, 2.45) is 0 Å². The van der Waals surface area contributed by atoms with E-state index in [0.29, 0.717) is 29.9 Å². The summed E-state index contributed by atoms with van der Waals surface area (Å²) in [7, 11) is 0. The number of rotatable bonds is 6. The number of amides is 1. The van der Waals surface area contributed by atoms with Gasteiger partial charge in [0.1, 0.15) is 5.82 Å². The van der Waals surface area contributed by atoms with Gasteiger partial charge in [0.2, 0.25) is 5.91 Å². The van der Waals surface area contributed by atoms with Crippen molar-refractivity contribution in [3.05, 3.63) is 87.6 Å². The second-order valence-corrected chi connectivity index (χ2v) is 12.7. The van der Waals surface area contributed by atoms with Crippen molar-refractivity contribution in [1.82, 2.24) is 24.4 Å². The van der Waals surface area contributed by atoms with Gasteiger partial charge in [-0.1, -0.05) is 64.1 Å². The second-order valence-electron chi connectivity index (χ2n) is 12.3. The molecular weight excluding hydrogens is 617 g/mol. The van der Waals surface area contributed by atoms with Crippen LogP contribution in [0.3, 0.4) is 0 Å². The van der Waals surface area contributed by atoms with Crippen molar-refractivity contribution < 1.29 is 18.0 Å². The highest BCUT2D eigenvalue weighted by Crippen LogP contribution is 2.41. The maximum atomic E-state index is 14.3. The quantitative estimate of drug-likeness (QED) is 0.202. The van der Waals surface area contributed by atoms with E-state index in [1.54, 1.807) is 11.1 Å².